The van der Waals surface area contributed by atoms with Gasteiger partial charge < -0.3 is 14.6 Å². The summed E-state index contributed by atoms with van der Waals surface area (Å²) in [6.07, 6.45) is 1.27. The number of aliphatic carboxylic acids is 1. The first kappa shape index (κ1) is 17.8. The maximum absolute atomic E-state index is 13.3. The summed E-state index contributed by atoms with van der Waals surface area (Å²) in [6.45, 7) is 0.571. The number of benzene rings is 1. The van der Waals surface area contributed by atoms with E-state index in [4.69, 9.17) is 9.47 Å². The van der Waals surface area contributed by atoms with Gasteiger partial charge in [-0.2, -0.15) is 0 Å². The third-order valence-corrected chi connectivity index (χ3v) is 5.81. The van der Waals surface area contributed by atoms with Gasteiger partial charge in [0.1, 0.15) is 5.25 Å². The molecule has 1 spiro atoms. The Morgan fingerprint density at radius 1 is 1.24 bits per heavy atom. The van der Waals surface area contributed by atoms with Gasteiger partial charge in [-0.1, -0.05) is 0 Å². The van der Waals surface area contributed by atoms with Crippen molar-refractivity contribution in [2.45, 2.75) is 23.9 Å². The Bertz CT molecular complexity index is 832. The topological polar surface area (TPSA) is 102 Å². The summed E-state index contributed by atoms with van der Waals surface area (Å²) >= 11 is 0. The normalized spacial score (nSPS) is 22.6. The zero-order valence-corrected chi connectivity index (χ0v) is 13.7. The fourth-order valence-corrected chi connectivity index (χ4v) is 4.43. The van der Waals surface area contributed by atoms with E-state index >= 15 is 0 Å². The van der Waals surface area contributed by atoms with Crippen molar-refractivity contribution in [1.82, 2.24) is 0 Å². The molecule has 0 bridgehead atoms. The Balaban J connectivity index is 1.90. The quantitative estimate of drug-likeness (QED) is 0.829. The number of hydrogen-bond donors (Lipinski definition) is 2. The molecule has 0 aromatic heterocycles. The number of nitrogens with one attached hydrogen (secondary N) is 1. The lowest BCUT2D eigenvalue weighted by Gasteiger charge is -2.32. The molecule has 0 radical (unpaired) electrons. The fraction of sp³-hybridized carbons (Fsp3) is 0.400. The van der Waals surface area contributed by atoms with Crippen molar-refractivity contribution in [3.8, 4) is 0 Å². The van der Waals surface area contributed by atoms with Crippen LogP contribution in [0.25, 0.3) is 0 Å². The van der Waals surface area contributed by atoms with Crippen LogP contribution in [0, 0.1) is 11.6 Å². The van der Waals surface area contributed by atoms with E-state index in [-0.39, 0.29) is 37.3 Å². The average molecular weight is 375 g/mol. The monoisotopic (exact) mass is 375 g/mol. The molecule has 1 atom stereocenters. The van der Waals surface area contributed by atoms with Gasteiger partial charge in [-0.15, -0.1) is 0 Å². The second-order valence-electron chi connectivity index (χ2n) is 5.72. The maximum atomic E-state index is 13.3. The maximum Gasteiger partial charge on any atom is 0.332 e. The van der Waals surface area contributed by atoms with Crippen LogP contribution < -0.4 is 4.72 Å². The summed E-state index contributed by atoms with van der Waals surface area (Å²) in [5.41, 5.74) is -0.583. The smallest absolute Gasteiger partial charge is 0.332 e. The van der Waals surface area contributed by atoms with Crippen molar-refractivity contribution in [3.63, 3.8) is 0 Å². The molecule has 25 heavy (non-hydrogen) atoms. The molecular formula is C15H15F2NO6S. The highest BCUT2D eigenvalue weighted by atomic mass is 32.2. The second-order valence-corrected chi connectivity index (χ2v) is 7.58. The minimum atomic E-state index is -4.21. The van der Waals surface area contributed by atoms with E-state index in [0.29, 0.717) is 6.07 Å². The van der Waals surface area contributed by atoms with Crippen molar-refractivity contribution in [1.29, 1.82) is 0 Å². The van der Waals surface area contributed by atoms with Crippen molar-refractivity contribution in [2.75, 3.05) is 17.9 Å². The fourth-order valence-electron chi connectivity index (χ4n) is 2.90. The first-order valence-corrected chi connectivity index (χ1v) is 8.98. The lowest BCUT2D eigenvalue weighted by atomic mass is 9.94. The van der Waals surface area contributed by atoms with Crippen LogP contribution in [0.1, 0.15) is 12.8 Å². The van der Waals surface area contributed by atoms with Gasteiger partial charge in [-0.3, -0.25) is 4.72 Å². The highest BCUT2D eigenvalue weighted by Gasteiger charge is 2.45. The van der Waals surface area contributed by atoms with Crippen LogP contribution >= 0.6 is 0 Å². The Labute approximate surface area is 142 Å². The van der Waals surface area contributed by atoms with Crippen molar-refractivity contribution >= 4 is 21.7 Å². The van der Waals surface area contributed by atoms with Crippen LogP contribution in [-0.4, -0.2) is 43.7 Å². The molecular weight excluding hydrogens is 360 g/mol. The molecule has 2 aliphatic rings. The van der Waals surface area contributed by atoms with E-state index in [0.717, 1.165) is 12.1 Å². The molecule has 1 fully saturated rings. The molecule has 1 aliphatic heterocycles. The molecule has 136 valence electrons. The van der Waals surface area contributed by atoms with Crippen LogP contribution in [0.2, 0.25) is 0 Å². The number of hydrogen-bond acceptors (Lipinski definition) is 5. The summed E-state index contributed by atoms with van der Waals surface area (Å²) in [7, 11) is -4.21. The molecule has 3 rings (SSSR count). The van der Waals surface area contributed by atoms with E-state index in [1.165, 1.54) is 6.08 Å². The average Bonchev–Trinajstić information content (AvgIpc) is 2.98. The predicted octanol–water partition coefficient (Wildman–Crippen LogP) is 1.62. The van der Waals surface area contributed by atoms with Crippen LogP contribution in [0.4, 0.5) is 14.5 Å². The van der Waals surface area contributed by atoms with E-state index in [9.17, 15) is 27.1 Å². The van der Waals surface area contributed by atoms with E-state index in [1.807, 2.05) is 0 Å². The minimum absolute atomic E-state index is 0.0584. The van der Waals surface area contributed by atoms with Gasteiger partial charge in [0.15, 0.2) is 17.4 Å². The summed E-state index contributed by atoms with van der Waals surface area (Å²) in [4.78, 5) is 11.5. The van der Waals surface area contributed by atoms with E-state index in [2.05, 4.69) is 4.72 Å². The SMILES string of the molecule is O=C(O)C1=CC2(CCC1S(=O)(=O)Nc1ccc(F)c(F)c1)OCCO2. The molecule has 0 amide bonds. The zero-order valence-electron chi connectivity index (χ0n) is 12.9. The molecule has 1 aromatic carbocycles. The minimum Gasteiger partial charge on any atom is -0.478 e. The van der Waals surface area contributed by atoms with Gasteiger partial charge in [0, 0.05) is 12.5 Å². The van der Waals surface area contributed by atoms with Crippen LogP contribution in [0.15, 0.2) is 29.8 Å². The standard InChI is InChI=1S/C15H15F2NO6S/c16-11-2-1-9(7-12(11)17)18-25(21,22)13-3-4-15(23-5-6-24-15)8-10(13)14(19)20/h1-2,7-8,13,18H,3-6H2,(H,19,20). The van der Waals surface area contributed by atoms with Crippen molar-refractivity contribution in [3.05, 3.63) is 41.5 Å². The Hall–Kier alpha value is -2.04. The molecule has 1 heterocycles. The number of halogens is 2. The van der Waals surface area contributed by atoms with Gasteiger partial charge in [0.05, 0.1) is 24.5 Å². The highest BCUT2D eigenvalue weighted by Crippen LogP contribution is 2.37. The number of carbonyl (C=O) groups is 1. The molecule has 7 nitrogen and oxygen atoms in total. The summed E-state index contributed by atoms with van der Waals surface area (Å²) in [5, 5.41) is 8.00. The number of rotatable bonds is 4. The van der Waals surface area contributed by atoms with Gasteiger partial charge >= 0.3 is 5.97 Å². The van der Waals surface area contributed by atoms with Crippen LogP contribution in [0.3, 0.4) is 0 Å². The van der Waals surface area contributed by atoms with Gasteiger partial charge in [-0.05, 0) is 24.6 Å². The van der Waals surface area contributed by atoms with Gasteiger partial charge in [0.2, 0.25) is 10.0 Å². The zero-order chi connectivity index (χ0) is 18.2. The van der Waals surface area contributed by atoms with Crippen LogP contribution in [0.5, 0.6) is 0 Å². The third kappa shape index (κ3) is 3.51. The largest absolute Gasteiger partial charge is 0.478 e. The lowest BCUT2D eigenvalue weighted by molar-refractivity contribution is -0.138. The van der Waals surface area contributed by atoms with Gasteiger partial charge in [0.25, 0.3) is 0 Å². The number of sulfonamides is 1. The number of carboxylic acid groups (broad SMARTS) is 1. The Morgan fingerprint density at radius 3 is 2.52 bits per heavy atom. The molecule has 10 heteroatoms. The number of carboxylic acids is 1. The Morgan fingerprint density at radius 2 is 1.92 bits per heavy atom. The predicted molar refractivity (Wildman–Crippen MR) is 82.3 cm³/mol. The molecule has 1 saturated heterocycles. The first-order chi connectivity index (χ1) is 11.7. The molecule has 1 aromatic rings. The summed E-state index contributed by atoms with van der Waals surface area (Å²) < 4.78 is 64.2. The highest BCUT2D eigenvalue weighted by molar-refractivity contribution is 7.93. The molecule has 2 N–H and O–H groups in total. The molecule has 0 saturated carbocycles. The van der Waals surface area contributed by atoms with Crippen molar-refractivity contribution in [2.24, 2.45) is 0 Å². The van der Waals surface area contributed by atoms with Crippen LogP contribution in [-0.2, 0) is 24.3 Å². The summed E-state index contributed by atoms with van der Waals surface area (Å²) in [5.74, 6) is -4.98. The third-order valence-electron chi connectivity index (χ3n) is 4.05. The van der Waals surface area contributed by atoms with E-state index in [1.54, 1.807) is 0 Å². The molecule has 1 unspecified atom stereocenters. The number of anilines is 1. The van der Waals surface area contributed by atoms with Crippen molar-refractivity contribution < 1.29 is 36.6 Å². The van der Waals surface area contributed by atoms with Gasteiger partial charge in [-0.25, -0.2) is 22.0 Å². The lowest BCUT2D eigenvalue weighted by Crippen LogP contribution is -2.41. The molecule has 1 aliphatic carbocycles. The Kier molecular flexibility index (Phi) is 4.52. The summed E-state index contributed by atoms with van der Waals surface area (Å²) in [6, 6.07) is 2.51. The van der Waals surface area contributed by atoms with E-state index < -0.39 is 38.7 Å². The first-order valence-electron chi connectivity index (χ1n) is 7.43. The second kappa shape index (κ2) is 6.36. The number of ether oxygens (including phenoxy) is 2.